The molecule has 0 aromatic heterocycles. The summed E-state index contributed by atoms with van der Waals surface area (Å²) in [4.78, 5) is 0. The van der Waals surface area contributed by atoms with E-state index in [9.17, 15) is 0 Å². The van der Waals surface area contributed by atoms with Gasteiger partial charge in [-0.3, -0.25) is 0 Å². The number of hydrogen-bond acceptors (Lipinski definition) is 3. The van der Waals surface area contributed by atoms with E-state index in [1.807, 2.05) is 13.8 Å². The van der Waals surface area contributed by atoms with Crippen molar-refractivity contribution in [3.63, 3.8) is 0 Å². The van der Waals surface area contributed by atoms with E-state index in [1.165, 1.54) is 0 Å². The average Bonchev–Trinajstić information content (AvgIpc) is 2.57. The van der Waals surface area contributed by atoms with E-state index in [0.29, 0.717) is 19.1 Å². The first-order valence-electron chi connectivity index (χ1n) is 4.57. The van der Waals surface area contributed by atoms with Gasteiger partial charge < -0.3 is 14.2 Å². The van der Waals surface area contributed by atoms with Crippen LogP contribution in [0.5, 0.6) is 0 Å². The maximum absolute atomic E-state index is 5.72. The minimum Gasteiger partial charge on any atom is -0.370 e. The van der Waals surface area contributed by atoms with Crippen molar-refractivity contribution in [2.24, 2.45) is 0 Å². The summed E-state index contributed by atoms with van der Waals surface area (Å²) >= 11 is 5.69. The lowest BCUT2D eigenvalue weighted by molar-refractivity contribution is -0.162. The summed E-state index contributed by atoms with van der Waals surface area (Å²) in [6, 6.07) is 0. The Labute approximate surface area is 83.3 Å². The molecule has 2 unspecified atom stereocenters. The molecule has 76 valence electrons. The summed E-state index contributed by atoms with van der Waals surface area (Å²) in [5, 5.41) is 0. The third-order valence-corrected chi connectivity index (χ3v) is 2.81. The second-order valence-electron chi connectivity index (χ2n) is 4.34. The van der Waals surface area contributed by atoms with E-state index in [4.69, 9.17) is 25.8 Å². The second-order valence-corrected chi connectivity index (χ2v) is 4.65. The van der Waals surface area contributed by atoms with Crippen molar-refractivity contribution in [1.29, 1.82) is 0 Å². The molecule has 3 nitrogen and oxygen atoms in total. The smallest absolute Gasteiger partial charge is 0.195 e. The second kappa shape index (κ2) is 3.09. The minimum absolute atomic E-state index is 0.0270. The minimum atomic E-state index is -0.511. The number of alkyl halides is 1. The fourth-order valence-corrected chi connectivity index (χ4v) is 2.07. The number of rotatable bonds is 1. The molecule has 4 heteroatoms. The van der Waals surface area contributed by atoms with Crippen molar-refractivity contribution in [3.8, 4) is 0 Å². The van der Waals surface area contributed by atoms with Crippen LogP contribution in [0.2, 0.25) is 0 Å². The molecule has 0 aromatic rings. The summed E-state index contributed by atoms with van der Waals surface area (Å²) < 4.78 is 16.9. The van der Waals surface area contributed by atoms with Crippen LogP contribution in [-0.2, 0) is 14.2 Å². The summed E-state index contributed by atoms with van der Waals surface area (Å²) in [6.07, 6.45) is 0.812. The molecule has 0 bridgehead atoms. The van der Waals surface area contributed by atoms with Gasteiger partial charge in [0.05, 0.1) is 24.2 Å². The van der Waals surface area contributed by atoms with Gasteiger partial charge in [0.1, 0.15) is 6.61 Å². The molecule has 13 heavy (non-hydrogen) atoms. The van der Waals surface area contributed by atoms with Crippen LogP contribution in [-0.4, -0.2) is 36.6 Å². The van der Waals surface area contributed by atoms with Crippen molar-refractivity contribution in [1.82, 2.24) is 0 Å². The molecule has 0 amide bonds. The van der Waals surface area contributed by atoms with Crippen LogP contribution in [0, 0.1) is 0 Å². The van der Waals surface area contributed by atoms with Gasteiger partial charge >= 0.3 is 0 Å². The molecule has 0 N–H and O–H groups in total. The lowest BCUT2D eigenvalue weighted by atomic mass is 10.0. The largest absolute Gasteiger partial charge is 0.370 e. The quantitative estimate of drug-likeness (QED) is 0.610. The van der Waals surface area contributed by atoms with Gasteiger partial charge in [0.25, 0.3) is 0 Å². The fraction of sp³-hybridized carbons (Fsp3) is 1.00. The molecule has 2 aliphatic rings. The molecule has 0 aliphatic carbocycles. The molecule has 2 saturated heterocycles. The molecule has 1 spiro atoms. The molecular formula is C9H15ClO3. The van der Waals surface area contributed by atoms with Gasteiger partial charge in [-0.15, -0.1) is 11.6 Å². The Morgan fingerprint density at radius 2 is 2.15 bits per heavy atom. The zero-order valence-corrected chi connectivity index (χ0v) is 8.76. The highest BCUT2D eigenvalue weighted by Gasteiger charge is 2.51. The van der Waals surface area contributed by atoms with Crippen LogP contribution >= 0.6 is 11.6 Å². The molecule has 2 atom stereocenters. The molecule has 2 rings (SSSR count). The van der Waals surface area contributed by atoms with Crippen LogP contribution in [0.3, 0.4) is 0 Å². The number of ether oxygens (including phenoxy) is 3. The normalized spacial score (nSPS) is 43.2. The Hall–Kier alpha value is 0.170. The molecular weight excluding hydrogens is 192 g/mol. The molecule has 2 aliphatic heterocycles. The lowest BCUT2D eigenvalue weighted by Gasteiger charge is -2.21. The first kappa shape index (κ1) is 9.71. The van der Waals surface area contributed by atoms with Gasteiger partial charge in [-0.1, -0.05) is 0 Å². The topological polar surface area (TPSA) is 27.7 Å². The Morgan fingerprint density at radius 1 is 1.38 bits per heavy atom. The van der Waals surface area contributed by atoms with Gasteiger partial charge in [-0.2, -0.15) is 0 Å². The van der Waals surface area contributed by atoms with Gasteiger partial charge in [0.2, 0.25) is 0 Å². The predicted molar refractivity (Wildman–Crippen MR) is 48.9 cm³/mol. The Balaban J connectivity index is 2.01. The number of hydrogen-bond donors (Lipinski definition) is 0. The van der Waals surface area contributed by atoms with Crippen molar-refractivity contribution in [2.75, 3.05) is 19.1 Å². The Bertz CT molecular complexity index is 207. The monoisotopic (exact) mass is 206 g/mol. The van der Waals surface area contributed by atoms with Crippen molar-refractivity contribution in [2.45, 2.75) is 37.8 Å². The van der Waals surface area contributed by atoms with Gasteiger partial charge in [-0.05, 0) is 13.8 Å². The standard InChI is InChI=1S/C9H15ClO3/c1-8(2)5-9(6-12-8)11-4-7(3-10)13-9/h7H,3-6H2,1-2H3. The maximum atomic E-state index is 5.72. The van der Waals surface area contributed by atoms with Crippen LogP contribution in [0.15, 0.2) is 0 Å². The van der Waals surface area contributed by atoms with Crippen LogP contribution in [0.4, 0.5) is 0 Å². The van der Waals surface area contributed by atoms with Crippen LogP contribution in [0.1, 0.15) is 20.3 Å². The molecule has 0 aromatic carbocycles. The number of halogens is 1. The zero-order valence-electron chi connectivity index (χ0n) is 8.01. The highest BCUT2D eigenvalue weighted by atomic mass is 35.5. The van der Waals surface area contributed by atoms with Crippen molar-refractivity contribution >= 4 is 11.6 Å². The summed E-state index contributed by atoms with van der Waals surface area (Å²) in [7, 11) is 0. The average molecular weight is 207 g/mol. The first-order chi connectivity index (χ1) is 6.05. The fourth-order valence-electron chi connectivity index (χ4n) is 1.92. The van der Waals surface area contributed by atoms with Crippen LogP contribution in [0.25, 0.3) is 0 Å². The third-order valence-electron chi connectivity index (χ3n) is 2.46. The molecule has 2 fully saturated rings. The summed E-state index contributed by atoms with van der Waals surface area (Å²) in [6.45, 7) is 5.20. The molecule has 2 heterocycles. The van der Waals surface area contributed by atoms with Gasteiger partial charge in [0, 0.05) is 6.42 Å². The first-order valence-corrected chi connectivity index (χ1v) is 5.10. The Morgan fingerprint density at radius 3 is 2.62 bits per heavy atom. The highest BCUT2D eigenvalue weighted by molar-refractivity contribution is 6.18. The van der Waals surface area contributed by atoms with Gasteiger partial charge in [-0.25, -0.2) is 0 Å². The molecule has 0 saturated carbocycles. The summed E-state index contributed by atoms with van der Waals surface area (Å²) in [5.41, 5.74) is -0.138. The maximum Gasteiger partial charge on any atom is 0.195 e. The predicted octanol–water partition coefficient (Wildman–Crippen LogP) is 1.54. The van der Waals surface area contributed by atoms with E-state index >= 15 is 0 Å². The third kappa shape index (κ3) is 1.84. The zero-order chi connectivity index (χ0) is 9.53. The van der Waals surface area contributed by atoms with Crippen molar-refractivity contribution < 1.29 is 14.2 Å². The van der Waals surface area contributed by atoms with E-state index in [1.54, 1.807) is 0 Å². The highest BCUT2D eigenvalue weighted by Crippen LogP contribution is 2.40. The van der Waals surface area contributed by atoms with Crippen LogP contribution < -0.4 is 0 Å². The molecule has 0 radical (unpaired) electrons. The van der Waals surface area contributed by atoms with E-state index < -0.39 is 5.79 Å². The van der Waals surface area contributed by atoms with E-state index in [-0.39, 0.29) is 11.7 Å². The SMILES string of the molecule is CC1(C)CC2(CO1)OCC(CCl)O2. The van der Waals surface area contributed by atoms with E-state index in [0.717, 1.165) is 6.42 Å². The van der Waals surface area contributed by atoms with Crippen molar-refractivity contribution in [3.05, 3.63) is 0 Å². The lowest BCUT2D eigenvalue weighted by Crippen LogP contribution is -2.32. The summed E-state index contributed by atoms with van der Waals surface area (Å²) in [5.74, 6) is -0.0226. The Kier molecular flexibility index (Phi) is 2.31. The van der Waals surface area contributed by atoms with Gasteiger partial charge in [0.15, 0.2) is 5.79 Å². The van der Waals surface area contributed by atoms with E-state index in [2.05, 4.69) is 0 Å².